The summed E-state index contributed by atoms with van der Waals surface area (Å²) in [5.41, 5.74) is 1.41. The highest BCUT2D eigenvalue weighted by molar-refractivity contribution is 6.03. The van der Waals surface area contributed by atoms with Crippen LogP contribution >= 0.6 is 0 Å². The summed E-state index contributed by atoms with van der Waals surface area (Å²) in [6.45, 7) is 1.74. The molecule has 0 aliphatic heterocycles. The van der Waals surface area contributed by atoms with Gasteiger partial charge in [0.05, 0.1) is 19.1 Å². The van der Waals surface area contributed by atoms with Crippen molar-refractivity contribution in [2.24, 2.45) is 0 Å². The number of nitrogens with one attached hydrogen (secondary N) is 1. The van der Waals surface area contributed by atoms with Gasteiger partial charge in [-0.3, -0.25) is 14.9 Å². The molecule has 0 saturated heterocycles. The van der Waals surface area contributed by atoms with Gasteiger partial charge in [-0.05, 0) is 36.8 Å². The summed E-state index contributed by atoms with van der Waals surface area (Å²) in [5.74, 6) is 0.697. The van der Waals surface area contributed by atoms with Crippen LogP contribution in [-0.2, 0) is 4.79 Å². The van der Waals surface area contributed by atoms with Gasteiger partial charge >= 0.3 is 0 Å². The second-order valence-corrected chi connectivity index (χ2v) is 5.21. The van der Waals surface area contributed by atoms with E-state index >= 15 is 0 Å². The number of hydrogen-bond donors (Lipinski definition) is 1. The van der Waals surface area contributed by atoms with Gasteiger partial charge in [0.25, 0.3) is 5.69 Å². The maximum Gasteiger partial charge on any atom is 0.293 e. The standard InChI is InChI=1S/C18H18N2O5/c1-12-4-8-15(16(10-12)20(22)23)19-18(21)9-6-13-5-7-14(24-2)11-17(13)25-3/h4-11H,1-3H3,(H,19,21). The summed E-state index contributed by atoms with van der Waals surface area (Å²) in [7, 11) is 3.06. The van der Waals surface area contributed by atoms with E-state index in [1.54, 1.807) is 44.4 Å². The lowest BCUT2D eigenvalue weighted by atomic mass is 10.1. The SMILES string of the molecule is COc1ccc(C=CC(=O)Nc2ccc(C)cc2[N+](=O)[O-])c(OC)c1. The summed E-state index contributed by atoms with van der Waals surface area (Å²) in [4.78, 5) is 22.6. The molecule has 2 aromatic rings. The van der Waals surface area contributed by atoms with Crippen molar-refractivity contribution in [3.63, 3.8) is 0 Å². The molecule has 2 aromatic carbocycles. The molecule has 0 radical (unpaired) electrons. The Kier molecular flexibility index (Phi) is 5.73. The number of benzene rings is 2. The first-order valence-electron chi connectivity index (χ1n) is 7.40. The number of ether oxygens (including phenoxy) is 2. The number of nitrogens with zero attached hydrogens (tertiary/aromatic N) is 1. The summed E-state index contributed by atoms with van der Waals surface area (Å²) in [6.07, 6.45) is 2.85. The first-order chi connectivity index (χ1) is 11.9. The average molecular weight is 342 g/mol. The summed E-state index contributed by atoms with van der Waals surface area (Å²) in [5, 5.41) is 13.6. The summed E-state index contributed by atoms with van der Waals surface area (Å²) >= 11 is 0. The van der Waals surface area contributed by atoms with Crippen LogP contribution in [0, 0.1) is 17.0 Å². The largest absolute Gasteiger partial charge is 0.497 e. The molecule has 1 N–H and O–H groups in total. The fraction of sp³-hybridized carbons (Fsp3) is 0.167. The molecule has 130 valence electrons. The highest BCUT2D eigenvalue weighted by Crippen LogP contribution is 2.27. The fourth-order valence-corrected chi connectivity index (χ4v) is 2.19. The van der Waals surface area contributed by atoms with E-state index in [9.17, 15) is 14.9 Å². The molecule has 0 fully saturated rings. The molecule has 0 heterocycles. The van der Waals surface area contributed by atoms with Gasteiger partial charge in [0, 0.05) is 23.8 Å². The van der Waals surface area contributed by atoms with Gasteiger partial charge in [0.15, 0.2) is 0 Å². The van der Waals surface area contributed by atoms with Gasteiger partial charge in [-0.15, -0.1) is 0 Å². The van der Waals surface area contributed by atoms with Crippen molar-refractivity contribution in [1.82, 2.24) is 0 Å². The maximum absolute atomic E-state index is 12.1. The molecule has 0 saturated carbocycles. The number of nitro benzene ring substituents is 1. The van der Waals surface area contributed by atoms with Gasteiger partial charge in [-0.25, -0.2) is 0 Å². The molecular formula is C18H18N2O5. The third-order valence-corrected chi connectivity index (χ3v) is 3.46. The third kappa shape index (κ3) is 4.57. The molecule has 0 aromatic heterocycles. The maximum atomic E-state index is 12.1. The van der Waals surface area contributed by atoms with Crippen LogP contribution in [0.1, 0.15) is 11.1 Å². The first-order valence-corrected chi connectivity index (χ1v) is 7.40. The van der Waals surface area contributed by atoms with Crippen LogP contribution < -0.4 is 14.8 Å². The topological polar surface area (TPSA) is 90.7 Å². The number of carbonyl (C=O) groups excluding carboxylic acids is 1. The monoisotopic (exact) mass is 342 g/mol. The van der Waals surface area contributed by atoms with Gasteiger partial charge in [0.2, 0.25) is 5.91 Å². The number of aryl methyl sites for hydroxylation is 1. The predicted molar refractivity (Wildman–Crippen MR) is 95.0 cm³/mol. The molecule has 0 bridgehead atoms. The number of hydrogen-bond acceptors (Lipinski definition) is 5. The molecule has 0 aliphatic rings. The lowest BCUT2D eigenvalue weighted by molar-refractivity contribution is -0.384. The highest BCUT2D eigenvalue weighted by Gasteiger charge is 2.15. The van der Waals surface area contributed by atoms with Crippen molar-refractivity contribution in [1.29, 1.82) is 0 Å². The first kappa shape index (κ1) is 18.0. The van der Waals surface area contributed by atoms with Crippen LogP contribution in [-0.4, -0.2) is 25.1 Å². The van der Waals surface area contributed by atoms with Gasteiger partial charge in [-0.1, -0.05) is 6.07 Å². The summed E-state index contributed by atoms with van der Waals surface area (Å²) < 4.78 is 10.4. The Hall–Kier alpha value is -3.35. The van der Waals surface area contributed by atoms with Crippen LogP contribution in [0.2, 0.25) is 0 Å². The molecule has 1 amide bonds. The van der Waals surface area contributed by atoms with Crippen LogP contribution in [0.3, 0.4) is 0 Å². The summed E-state index contributed by atoms with van der Waals surface area (Å²) in [6, 6.07) is 9.79. The molecule has 0 unspecified atom stereocenters. The quantitative estimate of drug-likeness (QED) is 0.492. The highest BCUT2D eigenvalue weighted by atomic mass is 16.6. The lowest BCUT2D eigenvalue weighted by Crippen LogP contribution is -2.09. The third-order valence-electron chi connectivity index (χ3n) is 3.46. The van der Waals surface area contributed by atoms with E-state index in [2.05, 4.69) is 5.32 Å². The average Bonchev–Trinajstić information content (AvgIpc) is 2.61. The molecule has 2 rings (SSSR count). The van der Waals surface area contributed by atoms with E-state index in [4.69, 9.17) is 9.47 Å². The minimum absolute atomic E-state index is 0.145. The molecule has 7 heteroatoms. The van der Waals surface area contributed by atoms with Crippen LogP contribution in [0.25, 0.3) is 6.08 Å². The second-order valence-electron chi connectivity index (χ2n) is 5.21. The van der Waals surface area contributed by atoms with Crippen molar-refractivity contribution in [3.05, 3.63) is 63.7 Å². The van der Waals surface area contributed by atoms with E-state index in [0.717, 1.165) is 5.56 Å². The smallest absolute Gasteiger partial charge is 0.293 e. The normalized spacial score (nSPS) is 10.5. The number of nitro groups is 1. The fourth-order valence-electron chi connectivity index (χ4n) is 2.19. The molecule has 7 nitrogen and oxygen atoms in total. The number of amides is 1. The Balaban J connectivity index is 2.18. The number of anilines is 1. The van der Waals surface area contributed by atoms with Crippen LogP contribution in [0.5, 0.6) is 11.5 Å². The van der Waals surface area contributed by atoms with Crippen LogP contribution in [0.4, 0.5) is 11.4 Å². The number of rotatable bonds is 6. The Morgan fingerprint density at radius 1 is 1.16 bits per heavy atom. The van der Waals surface area contributed by atoms with Crippen molar-refractivity contribution in [2.45, 2.75) is 6.92 Å². The Bertz CT molecular complexity index is 830. The van der Waals surface area contributed by atoms with E-state index < -0.39 is 10.8 Å². The Labute approximate surface area is 145 Å². The van der Waals surface area contributed by atoms with E-state index in [1.807, 2.05) is 0 Å². The Morgan fingerprint density at radius 3 is 2.56 bits per heavy atom. The van der Waals surface area contributed by atoms with Crippen molar-refractivity contribution >= 4 is 23.4 Å². The zero-order valence-electron chi connectivity index (χ0n) is 14.1. The minimum Gasteiger partial charge on any atom is -0.497 e. The molecular weight excluding hydrogens is 324 g/mol. The van der Waals surface area contributed by atoms with Crippen molar-refractivity contribution < 1.29 is 19.2 Å². The van der Waals surface area contributed by atoms with Gasteiger partial charge < -0.3 is 14.8 Å². The van der Waals surface area contributed by atoms with E-state index in [0.29, 0.717) is 17.1 Å². The van der Waals surface area contributed by atoms with Crippen LogP contribution in [0.15, 0.2) is 42.5 Å². The Morgan fingerprint density at radius 2 is 1.92 bits per heavy atom. The predicted octanol–water partition coefficient (Wildman–Crippen LogP) is 3.57. The van der Waals surface area contributed by atoms with Crippen molar-refractivity contribution in [3.8, 4) is 11.5 Å². The van der Waals surface area contributed by atoms with Crippen molar-refractivity contribution in [2.75, 3.05) is 19.5 Å². The molecule has 0 atom stereocenters. The molecule has 0 aliphatic carbocycles. The zero-order chi connectivity index (χ0) is 18.4. The van der Waals surface area contributed by atoms with Gasteiger partial charge in [-0.2, -0.15) is 0 Å². The zero-order valence-corrected chi connectivity index (χ0v) is 14.1. The lowest BCUT2D eigenvalue weighted by Gasteiger charge is -2.07. The molecule has 0 spiro atoms. The van der Waals surface area contributed by atoms with E-state index in [1.165, 1.54) is 25.3 Å². The molecule has 25 heavy (non-hydrogen) atoms. The number of carbonyl (C=O) groups is 1. The minimum atomic E-state index is -0.529. The number of methoxy groups -OCH3 is 2. The van der Waals surface area contributed by atoms with E-state index in [-0.39, 0.29) is 11.4 Å². The second kappa shape index (κ2) is 7.96. The van der Waals surface area contributed by atoms with Gasteiger partial charge in [0.1, 0.15) is 17.2 Å².